The van der Waals surface area contributed by atoms with E-state index < -0.39 is 16.0 Å². The van der Waals surface area contributed by atoms with Gasteiger partial charge in [0.25, 0.3) is 0 Å². The van der Waals surface area contributed by atoms with E-state index in [0.717, 1.165) is 18.9 Å². The molecular formula is C14H17NO5S. The molecule has 1 fully saturated rings. The van der Waals surface area contributed by atoms with Gasteiger partial charge in [0.05, 0.1) is 11.0 Å². The molecule has 7 heteroatoms. The summed E-state index contributed by atoms with van der Waals surface area (Å²) in [7, 11) is -3.57. The van der Waals surface area contributed by atoms with E-state index in [1.807, 2.05) is 0 Å². The first kappa shape index (κ1) is 15.7. The van der Waals surface area contributed by atoms with Crippen LogP contribution in [0.1, 0.15) is 18.4 Å². The molecule has 0 aromatic heterocycles. The largest absolute Gasteiger partial charge is 0.478 e. The molecule has 1 atom stereocenters. The molecule has 0 amide bonds. The highest BCUT2D eigenvalue weighted by Gasteiger charge is 2.19. The molecule has 2 rings (SSSR count). The normalized spacial score (nSPS) is 19.1. The number of hydrogen-bond acceptors (Lipinski definition) is 4. The predicted molar refractivity (Wildman–Crippen MR) is 77.3 cm³/mol. The van der Waals surface area contributed by atoms with Gasteiger partial charge in [0.1, 0.15) is 0 Å². The van der Waals surface area contributed by atoms with E-state index in [2.05, 4.69) is 4.72 Å². The molecule has 1 aromatic carbocycles. The molecule has 1 heterocycles. The van der Waals surface area contributed by atoms with Gasteiger partial charge in [0.15, 0.2) is 0 Å². The van der Waals surface area contributed by atoms with Gasteiger partial charge in [-0.1, -0.05) is 12.1 Å². The van der Waals surface area contributed by atoms with Crippen molar-refractivity contribution in [1.82, 2.24) is 4.72 Å². The van der Waals surface area contributed by atoms with Crippen LogP contribution in [0.15, 0.2) is 35.2 Å². The topological polar surface area (TPSA) is 92.7 Å². The van der Waals surface area contributed by atoms with E-state index in [-0.39, 0.29) is 17.5 Å². The standard InChI is InChI=1S/C14H17NO5S/c16-14(17)8-5-11-3-6-13(7-4-11)21(18,19)15-10-12-2-1-9-20-12/h3-8,12,15H,1-2,9-10H2,(H,16,17)/b8-5+. The summed E-state index contributed by atoms with van der Waals surface area (Å²) in [5.74, 6) is -1.05. The monoisotopic (exact) mass is 311 g/mol. The van der Waals surface area contributed by atoms with Crippen LogP contribution in [0.4, 0.5) is 0 Å². The van der Waals surface area contributed by atoms with Crippen LogP contribution in [0, 0.1) is 0 Å². The number of ether oxygens (including phenoxy) is 1. The summed E-state index contributed by atoms with van der Waals surface area (Å²) in [6, 6.07) is 6.00. The quantitative estimate of drug-likeness (QED) is 0.771. The van der Waals surface area contributed by atoms with Crippen molar-refractivity contribution in [2.75, 3.05) is 13.2 Å². The lowest BCUT2D eigenvalue weighted by atomic mass is 10.2. The summed E-state index contributed by atoms with van der Waals surface area (Å²) in [5.41, 5.74) is 0.621. The summed E-state index contributed by atoms with van der Waals surface area (Å²) in [4.78, 5) is 10.6. The fourth-order valence-corrected chi connectivity index (χ4v) is 3.08. The lowest BCUT2D eigenvalue weighted by Gasteiger charge is -2.11. The van der Waals surface area contributed by atoms with Gasteiger partial charge in [-0.05, 0) is 36.6 Å². The molecule has 1 aromatic rings. The van der Waals surface area contributed by atoms with Gasteiger partial charge >= 0.3 is 5.97 Å². The Labute approximate surface area is 123 Å². The van der Waals surface area contributed by atoms with Crippen molar-refractivity contribution in [1.29, 1.82) is 0 Å². The van der Waals surface area contributed by atoms with Crippen LogP contribution in [0.2, 0.25) is 0 Å². The molecule has 0 bridgehead atoms. The minimum Gasteiger partial charge on any atom is -0.478 e. The van der Waals surface area contributed by atoms with Gasteiger partial charge in [-0.25, -0.2) is 17.9 Å². The van der Waals surface area contributed by atoms with Crippen LogP contribution in [-0.4, -0.2) is 38.7 Å². The molecule has 114 valence electrons. The first-order valence-electron chi connectivity index (χ1n) is 6.60. The highest BCUT2D eigenvalue weighted by molar-refractivity contribution is 7.89. The Hall–Kier alpha value is -1.70. The SMILES string of the molecule is O=C(O)/C=C/c1ccc(S(=O)(=O)NCC2CCCO2)cc1. The molecule has 0 aliphatic carbocycles. The number of aliphatic carboxylic acids is 1. The first-order valence-corrected chi connectivity index (χ1v) is 8.08. The maximum atomic E-state index is 12.1. The van der Waals surface area contributed by atoms with E-state index >= 15 is 0 Å². The van der Waals surface area contributed by atoms with E-state index in [1.165, 1.54) is 18.2 Å². The fraction of sp³-hybridized carbons (Fsp3) is 0.357. The summed E-state index contributed by atoms with van der Waals surface area (Å²) in [6.07, 6.45) is 4.16. The summed E-state index contributed by atoms with van der Waals surface area (Å²) in [5, 5.41) is 8.53. The van der Waals surface area contributed by atoms with E-state index in [4.69, 9.17) is 9.84 Å². The molecule has 2 N–H and O–H groups in total. The van der Waals surface area contributed by atoms with Crippen LogP contribution in [0.5, 0.6) is 0 Å². The van der Waals surface area contributed by atoms with Crippen molar-refractivity contribution >= 4 is 22.1 Å². The first-order chi connectivity index (χ1) is 9.97. The van der Waals surface area contributed by atoms with E-state index in [9.17, 15) is 13.2 Å². The van der Waals surface area contributed by atoms with Crippen molar-refractivity contribution in [3.63, 3.8) is 0 Å². The van der Waals surface area contributed by atoms with Crippen molar-refractivity contribution in [3.8, 4) is 0 Å². The molecule has 1 aliphatic rings. The molecule has 1 aliphatic heterocycles. The second kappa shape index (κ2) is 6.84. The van der Waals surface area contributed by atoms with Gasteiger partial charge in [-0.3, -0.25) is 0 Å². The van der Waals surface area contributed by atoms with Crippen molar-refractivity contribution in [2.45, 2.75) is 23.8 Å². The number of benzene rings is 1. The van der Waals surface area contributed by atoms with Gasteiger partial charge in [0.2, 0.25) is 10.0 Å². The van der Waals surface area contributed by atoms with Crippen LogP contribution in [0.3, 0.4) is 0 Å². The average molecular weight is 311 g/mol. The lowest BCUT2D eigenvalue weighted by Crippen LogP contribution is -2.31. The van der Waals surface area contributed by atoms with Crippen LogP contribution >= 0.6 is 0 Å². The number of rotatable bonds is 6. The van der Waals surface area contributed by atoms with Crippen LogP contribution in [-0.2, 0) is 19.6 Å². The minimum atomic E-state index is -3.57. The van der Waals surface area contributed by atoms with Crippen molar-refractivity contribution in [3.05, 3.63) is 35.9 Å². The summed E-state index contributed by atoms with van der Waals surface area (Å²) >= 11 is 0. The number of carboxylic acids is 1. The highest BCUT2D eigenvalue weighted by atomic mass is 32.2. The number of nitrogens with one attached hydrogen (secondary N) is 1. The van der Waals surface area contributed by atoms with Crippen LogP contribution < -0.4 is 4.72 Å². The van der Waals surface area contributed by atoms with E-state index in [0.29, 0.717) is 12.2 Å². The van der Waals surface area contributed by atoms with Crippen LogP contribution in [0.25, 0.3) is 6.08 Å². The number of carbonyl (C=O) groups is 1. The third-order valence-electron chi connectivity index (χ3n) is 3.13. The van der Waals surface area contributed by atoms with Crippen molar-refractivity contribution in [2.24, 2.45) is 0 Å². The maximum absolute atomic E-state index is 12.1. The zero-order chi connectivity index (χ0) is 15.3. The third kappa shape index (κ3) is 4.66. The Kier molecular flexibility index (Phi) is 5.11. The van der Waals surface area contributed by atoms with Gasteiger partial charge in [-0.2, -0.15) is 0 Å². The molecular weight excluding hydrogens is 294 g/mol. The maximum Gasteiger partial charge on any atom is 0.328 e. The van der Waals surface area contributed by atoms with Gasteiger partial charge in [0, 0.05) is 19.2 Å². The number of carboxylic acid groups (broad SMARTS) is 1. The molecule has 1 unspecified atom stereocenters. The van der Waals surface area contributed by atoms with Gasteiger partial charge in [-0.15, -0.1) is 0 Å². The summed E-state index contributed by atoms with van der Waals surface area (Å²) < 4.78 is 32.1. The zero-order valence-electron chi connectivity index (χ0n) is 11.4. The average Bonchev–Trinajstić information content (AvgIpc) is 2.97. The Bertz CT molecular complexity index is 615. The third-order valence-corrected chi connectivity index (χ3v) is 4.57. The van der Waals surface area contributed by atoms with E-state index in [1.54, 1.807) is 12.1 Å². The highest BCUT2D eigenvalue weighted by Crippen LogP contribution is 2.14. The number of hydrogen-bond donors (Lipinski definition) is 2. The fourth-order valence-electron chi connectivity index (χ4n) is 2.02. The molecule has 0 saturated carbocycles. The summed E-state index contributed by atoms with van der Waals surface area (Å²) in [6.45, 7) is 0.944. The second-order valence-corrected chi connectivity index (χ2v) is 6.49. The molecule has 0 radical (unpaired) electrons. The Morgan fingerprint density at radius 2 is 2.10 bits per heavy atom. The lowest BCUT2D eigenvalue weighted by molar-refractivity contribution is -0.131. The second-order valence-electron chi connectivity index (χ2n) is 4.73. The molecule has 0 spiro atoms. The molecule has 6 nitrogen and oxygen atoms in total. The smallest absolute Gasteiger partial charge is 0.328 e. The zero-order valence-corrected chi connectivity index (χ0v) is 12.2. The van der Waals surface area contributed by atoms with Crippen molar-refractivity contribution < 1.29 is 23.1 Å². The Morgan fingerprint density at radius 1 is 1.38 bits per heavy atom. The van der Waals surface area contributed by atoms with Gasteiger partial charge < -0.3 is 9.84 Å². The Balaban J connectivity index is 2.00. The molecule has 21 heavy (non-hydrogen) atoms. The molecule has 1 saturated heterocycles. The Morgan fingerprint density at radius 3 is 2.67 bits per heavy atom. The predicted octanol–water partition coefficient (Wildman–Crippen LogP) is 1.24. The number of sulfonamides is 1. The minimum absolute atomic E-state index is 0.0578.